The summed E-state index contributed by atoms with van der Waals surface area (Å²) >= 11 is 0. The van der Waals surface area contributed by atoms with Gasteiger partial charge in [-0.05, 0) is 12.8 Å². The van der Waals surface area contributed by atoms with E-state index in [1.54, 1.807) is 6.92 Å². The molecule has 90 valence electrons. The number of Topliss-reactive ketones (excluding diaryl/α,β-unsaturated/α-hetero) is 1. The average Bonchev–Trinajstić information content (AvgIpc) is 2.17. The maximum Gasteiger partial charge on any atom is 0.130 e. The van der Waals surface area contributed by atoms with Gasteiger partial charge in [0, 0.05) is 6.42 Å². The zero-order valence-corrected chi connectivity index (χ0v) is 10.8. The monoisotopic (exact) mass is 212 g/mol. The van der Waals surface area contributed by atoms with Crippen LogP contribution in [0.4, 0.5) is 0 Å². The summed E-state index contributed by atoms with van der Waals surface area (Å²) in [5.41, 5.74) is 0. The molecule has 0 aliphatic rings. The van der Waals surface area contributed by atoms with Crippen LogP contribution in [0.25, 0.3) is 0 Å². The van der Waals surface area contributed by atoms with Gasteiger partial charge >= 0.3 is 0 Å². The van der Waals surface area contributed by atoms with Crippen LogP contribution >= 0.6 is 0 Å². The fraction of sp³-hybridized carbons (Fsp3) is 0.929. The van der Waals surface area contributed by atoms with Gasteiger partial charge in [-0.3, -0.25) is 0 Å². The van der Waals surface area contributed by atoms with Gasteiger partial charge in [0.25, 0.3) is 0 Å². The molecule has 0 aliphatic carbocycles. The van der Waals surface area contributed by atoms with Gasteiger partial charge in [-0.15, -0.1) is 0 Å². The quantitative estimate of drug-likeness (QED) is 0.478. The Labute approximate surface area is 95.6 Å². The number of hydrogen-bond donors (Lipinski definition) is 0. The van der Waals surface area contributed by atoms with Crippen molar-refractivity contribution >= 4 is 5.78 Å². The molecule has 0 aliphatic heterocycles. The molecule has 0 heterocycles. The van der Waals surface area contributed by atoms with Gasteiger partial charge in [0.05, 0.1) is 0 Å². The zero-order valence-electron chi connectivity index (χ0n) is 10.8. The van der Waals surface area contributed by atoms with Crippen LogP contribution in [0.5, 0.6) is 0 Å². The third-order valence-electron chi connectivity index (χ3n) is 3.01. The van der Waals surface area contributed by atoms with Crippen molar-refractivity contribution in [3.05, 3.63) is 0 Å². The summed E-state index contributed by atoms with van der Waals surface area (Å²) in [5.74, 6) is 1.04. The van der Waals surface area contributed by atoms with Crippen LogP contribution in [-0.2, 0) is 4.79 Å². The van der Waals surface area contributed by atoms with Gasteiger partial charge < -0.3 is 4.79 Å². The molecule has 0 atom stereocenters. The highest BCUT2D eigenvalue weighted by Crippen LogP contribution is 2.21. The van der Waals surface area contributed by atoms with Crippen LogP contribution in [0.3, 0.4) is 0 Å². The lowest BCUT2D eigenvalue weighted by atomic mass is 9.91. The van der Waals surface area contributed by atoms with Gasteiger partial charge in [-0.1, -0.05) is 65.2 Å². The molecule has 0 aromatic rings. The van der Waals surface area contributed by atoms with E-state index in [0.717, 1.165) is 6.42 Å². The molecule has 1 nitrogen and oxygen atoms in total. The number of carbonyl (C=O) groups excluding carboxylic acids is 1. The highest BCUT2D eigenvalue weighted by atomic mass is 16.1. The molecule has 0 aromatic heterocycles. The summed E-state index contributed by atoms with van der Waals surface area (Å²) in [6.45, 7) is 6.20. The normalized spacial score (nSPS) is 10.9. The van der Waals surface area contributed by atoms with E-state index in [4.69, 9.17) is 0 Å². The summed E-state index contributed by atoms with van der Waals surface area (Å²) in [7, 11) is 0. The van der Waals surface area contributed by atoms with Crippen molar-refractivity contribution in [2.45, 2.75) is 78.6 Å². The summed E-state index contributed by atoms with van der Waals surface area (Å²) in [4.78, 5) is 11.1. The minimum atomic E-state index is 0.369. The number of rotatable bonds is 10. The van der Waals surface area contributed by atoms with E-state index in [0.29, 0.717) is 11.7 Å². The van der Waals surface area contributed by atoms with Crippen LogP contribution in [-0.4, -0.2) is 5.78 Å². The Hall–Kier alpha value is -0.330. The lowest BCUT2D eigenvalue weighted by molar-refractivity contribution is -0.118. The minimum absolute atomic E-state index is 0.369. The van der Waals surface area contributed by atoms with Gasteiger partial charge in [-0.25, -0.2) is 0 Å². The fourth-order valence-corrected chi connectivity index (χ4v) is 2.12. The van der Waals surface area contributed by atoms with E-state index in [2.05, 4.69) is 13.8 Å². The molecule has 0 aromatic carbocycles. The van der Waals surface area contributed by atoms with Crippen molar-refractivity contribution < 1.29 is 4.79 Å². The molecule has 0 saturated heterocycles. The largest absolute Gasteiger partial charge is 0.300 e. The molecule has 0 unspecified atom stereocenters. The summed E-state index contributed by atoms with van der Waals surface area (Å²) < 4.78 is 0. The lowest BCUT2D eigenvalue weighted by Crippen LogP contribution is -2.06. The van der Waals surface area contributed by atoms with E-state index < -0.39 is 0 Å². The molecular weight excluding hydrogens is 184 g/mol. The van der Waals surface area contributed by atoms with E-state index >= 15 is 0 Å². The summed E-state index contributed by atoms with van der Waals surface area (Å²) in [6, 6.07) is 0. The minimum Gasteiger partial charge on any atom is -0.300 e. The number of carbonyl (C=O) groups is 1. The van der Waals surface area contributed by atoms with Gasteiger partial charge in [0.2, 0.25) is 0 Å². The van der Waals surface area contributed by atoms with Crippen molar-refractivity contribution in [2.75, 3.05) is 0 Å². The molecule has 15 heavy (non-hydrogen) atoms. The first kappa shape index (κ1) is 14.7. The summed E-state index contributed by atoms with van der Waals surface area (Å²) in [6.07, 6.45) is 11.1. The van der Waals surface area contributed by atoms with Crippen molar-refractivity contribution in [3.63, 3.8) is 0 Å². The van der Waals surface area contributed by atoms with Gasteiger partial charge in [0.1, 0.15) is 5.78 Å². The Morgan fingerprint density at radius 3 is 1.73 bits per heavy atom. The average molecular weight is 212 g/mol. The van der Waals surface area contributed by atoms with Crippen LogP contribution in [0, 0.1) is 5.92 Å². The van der Waals surface area contributed by atoms with Crippen molar-refractivity contribution in [3.8, 4) is 0 Å². The molecule has 0 saturated carbocycles. The Bertz CT molecular complexity index is 141. The Balaban J connectivity index is 3.68. The molecular formula is C14H28O. The lowest BCUT2D eigenvalue weighted by Gasteiger charge is -2.14. The first-order chi connectivity index (χ1) is 7.20. The molecule has 1 heteroatoms. The summed E-state index contributed by atoms with van der Waals surface area (Å²) in [5, 5.41) is 0. The molecule has 0 bridgehead atoms. The third-order valence-corrected chi connectivity index (χ3v) is 3.01. The van der Waals surface area contributed by atoms with Crippen molar-refractivity contribution in [1.82, 2.24) is 0 Å². The predicted octanol–water partition coefficient (Wildman–Crippen LogP) is 4.74. The maximum atomic E-state index is 11.1. The Kier molecular flexibility index (Phi) is 9.97. The SMILES string of the molecule is CCCCCC(CCCCC)CC(C)=O. The zero-order chi connectivity index (χ0) is 11.5. The molecule has 0 amide bonds. The topological polar surface area (TPSA) is 17.1 Å². The number of ketones is 1. The van der Waals surface area contributed by atoms with Gasteiger partial charge in [0.15, 0.2) is 0 Å². The number of hydrogen-bond acceptors (Lipinski definition) is 1. The molecule has 0 fully saturated rings. The van der Waals surface area contributed by atoms with Crippen LogP contribution in [0.2, 0.25) is 0 Å². The first-order valence-corrected chi connectivity index (χ1v) is 6.70. The molecule has 0 spiro atoms. The van der Waals surface area contributed by atoms with Crippen LogP contribution in [0.15, 0.2) is 0 Å². The van der Waals surface area contributed by atoms with E-state index in [-0.39, 0.29) is 0 Å². The van der Waals surface area contributed by atoms with Crippen molar-refractivity contribution in [2.24, 2.45) is 5.92 Å². The Morgan fingerprint density at radius 2 is 1.40 bits per heavy atom. The third kappa shape index (κ3) is 9.96. The number of unbranched alkanes of at least 4 members (excludes halogenated alkanes) is 4. The van der Waals surface area contributed by atoms with Crippen molar-refractivity contribution in [1.29, 1.82) is 0 Å². The second-order valence-corrected chi connectivity index (χ2v) is 4.76. The van der Waals surface area contributed by atoms with E-state index in [1.165, 1.54) is 51.4 Å². The van der Waals surface area contributed by atoms with E-state index in [1.807, 2.05) is 0 Å². The van der Waals surface area contributed by atoms with Crippen LogP contribution in [0.1, 0.15) is 78.6 Å². The highest BCUT2D eigenvalue weighted by molar-refractivity contribution is 5.75. The van der Waals surface area contributed by atoms with Gasteiger partial charge in [-0.2, -0.15) is 0 Å². The van der Waals surface area contributed by atoms with Crippen LogP contribution < -0.4 is 0 Å². The molecule has 0 radical (unpaired) electrons. The standard InChI is InChI=1S/C14H28O/c1-4-6-8-10-14(12-13(3)15)11-9-7-5-2/h14H,4-12H2,1-3H3. The second-order valence-electron chi connectivity index (χ2n) is 4.76. The molecule has 0 rings (SSSR count). The predicted molar refractivity (Wildman–Crippen MR) is 67.1 cm³/mol. The molecule has 0 N–H and O–H groups in total. The van der Waals surface area contributed by atoms with E-state index in [9.17, 15) is 4.79 Å². The smallest absolute Gasteiger partial charge is 0.130 e. The fourth-order valence-electron chi connectivity index (χ4n) is 2.12. The second kappa shape index (κ2) is 10.2. The Morgan fingerprint density at radius 1 is 0.933 bits per heavy atom. The maximum absolute atomic E-state index is 11.1. The first-order valence-electron chi connectivity index (χ1n) is 6.70. The highest BCUT2D eigenvalue weighted by Gasteiger charge is 2.10.